The maximum absolute atomic E-state index is 13.9. The number of rotatable bonds is 2. The first-order valence-corrected chi connectivity index (χ1v) is 7.49. The minimum Gasteiger partial charge on any atom is -0.497 e. The minimum absolute atomic E-state index is 0.220. The van der Waals surface area contributed by atoms with E-state index in [9.17, 15) is 13.6 Å². The molecule has 23 heavy (non-hydrogen) atoms. The molecular weight excluding hydrogens is 322 g/mol. The van der Waals surface area contributed by atoms with Crippen molar-refractivity contribution in [3.05, 3.63) is 58.4 Å². The molecule has 0 spiro atoms. The van der Waals surface area contributed by atoms with E-state index in [1.54, 1.807) is 31.3 Å². The van der Waals surface area contributed by atoms with Crippen LogP contribution in [0.5, 0.6) is 5.75 Å². The van der Waals surface area contributed by atoms with Crippen LogP contribution in [0.3, 0.4) is 0 Å². The van der Waals surface area contributed by atoms with Crippen LogP contribution in [-0.2, 0) is 7.05 Å². The van der Waals surface area contributed by atoms with Crippen LogP contribution in [0.15, 0.2) is 41.4 Å². The van der Waals surface area contributed by atoms with Crippen LogP contribution in [0.1, 0.15) is 10.4 Å². The molecule has 0 atom stereocenters. The van der Waals surface area contributed by atoms with Gasteiger partial charge in [-0.05, 0) is 30.3 Å². The van der Waals surface area contributed by atoms with Crippen LogP contribution >= 0.6 is 11.3 Å². The predicted octanol–water partition coefficient (Wildman–Crippen LogP) is 3.27. The summed E-state index contributed by atoms with van der Waals surface area (Å²) in [5, 5.41) is 0. The monoisotopic (exact) mass is 334 g/mol. The van der Waals surface area contributed by atoms with E-state index in [4.69, 9.17) is 4.74 Å². The lowest BCUT2D eigenvalue weighted by molar-refractivity contribution is 0.0998. The van der Waals surface area contributed by atoms with E-state index < -0.39 is 17.5 Å². The molecule has 0 aliphatic rings. The topological polar surface area (TPSA) is 43.6 Å². The molecule has 0 aliphatic carbocycles. The fourth-order valence-corrected chi connectivity index (χ4v) is 3.25. The predicted molar refractivity (Wildman–Crippen MR) is 83.6 cm³/mol. The molecule has 0 unspecified atom stereocenters. The molecule has 1 amide bonds. The standard InChI is InChI=1S/C16H12F2N2O2S/c1-20-14-12(18)7-10(17)8-13(14)23-16(20)19-15(21)9-3-5-11(22-2)6-4-9/h3-8H,1-2H3. The number of ether oxygens (including phenoxy) is 1. The summed E-state index contributed by atoms with van der Waals surface area (Å²) in [5.41, 5.74) is 0.604. The van der Waals surface area contributed by atoms with Gasteiger partial charge in [-0.2, -0.15) is 4.99 Å². The highest BCUT2D eigenvalue weighted by Gasteiger charge is 2.12. The highest BCUT2D eigenvalue weighted by Crippen LogP contribution is 2.21. The van der Waals surface area contributed by atoms with Crippen LogP contribution in [0.25, 0.3) is 10.2 Å². The third-order valence-corrected chi connectivity index (χ3v) is 4.43. The number of aryl methyl sites for hydroxylation is 1. The molecule has 7 heteroatoms. The molecule has 118 valence electrons. The molecule has 0 saturated heterocycles. The molecule has 3 aromatic rings. The number of hydrogen-bond donors (Lipinski definition) is 0. The first kappa shape index (κ1) is 15.4. The van der Waals surface area contributed by atoms with Crippen LogP contribution < -0.4 is 9.54 Å². The quantitative estimate of drug-likeness (QED) is 0.722. The van der Waals surface area contributed by atoms with Gasteiger partial charge in [0.15, 0.2) is 10.6 Å². The Morgan fingerprint density at radius 3 is 2.57 bits per heavy atom. The maximum atomic E-state index is 13.9. The summed E-state index contributed by atoms with van der Waals surface area (Å²) in [7, 11) is 3.12. The summed E-state index contributed by atoms with van der Waals surface area (Å²) in [4.78, 5) is 16.5. The number of aromatic nitrogens is 1. The molecule has 0 N–H and O–H groups in total. The lowest BCUT2D eigenvalue weighted by Gasteiger charge is -2.00. The van der Waals surface area contributed by atoms with Gasteiger partial charge < -0.3 is 9.30 Å². The number of carbonyl (C=O) groups is 1. The van der Waals surface area contributed by atoms with E-state index in [1.807, 2.05) is 0 Å². The van der Waals surface area contributed by atoms with Crippen molar-refractivity contribution < 1.29 is 18.3 Å². The number of nitrogens with zero attached hydrogens (tertiary/aromatic N) is 2. The molecule has 2 aromatic carbocycles. The third-order valence-electron chi connectivity index (χ3n) is 3.35. The Hall–Kier alpha value is -2.54. The molecular formula is C16H12F2N2O2S. The summed E-state index contributed by atoms with van der Waals surface area (Å²) in [6.45, 7) is 0. The molecule has 4 nitrogen and oxygen atoms in total. The van der Waals surface area contributed by atoms with E-state index in [-0.39, 0.29) is 5.52 Å². The normalized spacial score (nSPS) is 11.9. The lowest BCUT2D eigenvalue weighted by atomic mass is 10.2. The Morgan fingerprint density at radius 2 is 1.91 bits per heavy atom. The molecule has 0 saturated carbocycles. The van der Waals surface area contributed by atoms with Crippen LogP contribution in [0.2, 0.25) is 0 Å². The fraction of sp³-hybridized carbons (Fsp3) is 0.125. The van der Waals surface area contributed by atoms with Gasteiger partial charge in [0.2, 0.25) is 0 Å². The summed E-state index contributed by atoms with van der Waals surface area (Å²) < 4.78 is 34.0. The lowest BCUT2D eigenvalue weighted by Crippen LogP contribution is -2.13. The van der Waals surface area contributed by atoms with Gasteiger partial charge >= 0.3 is 0 Å². The van der Waals surface area contributed by atoms with Gasteiger partial charge in [0.1, 0.15) is 11.6 Å². The average molecular weight is 334 g/mol. The second-order valence-electron chi connectivity index (χ2n) is 4.82. The number of fused-ring (bicyclic) bond motifs is 1. The maximum Gasteiger partial charge on any atom is 0.279 e. The third kappa shape index (κ3) is 2.87. The van der Waals surface area contributed by atoms with Gasteiger partial charge in [0, 0.05) is 18.7 Å². The number of thiazole rings is 1. The molecule has 0 fully saturated rings. The largest absolute Gasteiger partial charge is 0.497 e. The van der Waals surface area contributed by atoms with Crippen LogP contribution in [0, 0.1) is 11.6 Å². The van der Waals surface area contributed by atoms with E-state index in [0.29, 0.717) is 20.8 Å². The van der Waals surface area contributed by atoms with Crippen molar-refractivity contribution >= 4 is 27.5 Å². The smallest absolute Gasteiger partial charge is 0.279 e. The van der Waals surface area contributed by atoms with Gasteiger partial charge in [-0.15, -0.1) is 0 Å². The summed E-state index contributed by atoms with van der Waals surface area (Å²) in [6, 6.07) is 8.53. The SMILES string of the molecule is COc1ccc(C(=O)N=c2sc3cc(F)cc(F)c3n2C)cc1. The van der Waals surface area contributed by atoms with Crippen LogP contribution in [0.4, 0.5) is 8.78 Å². The number of amides is 1. The Labute approximate surface area is 134 Å². The highest BCUT2D eigenvalue weighted by atomic mass is 32.1. The van der Waals surface area contributed by atoms with Gasteiger partial charge in [-0.25, -0.2) is 8.78 Å². The second kappa shape index (κ2) is 5.92. The van der Waals surface area contributed by atoms with Gasteiger partial charge in [-0.3, -0.25) is 4.79 Å². The zero-order chi connectivity index (χ0) is 16.6. The summed E-state index contributed by atoms with van der Waals surface area (Å²) >= 11 is 1.05. The molecule has 0 bridgehead atoms. The van der Waals surface area contributed by atoms with Crippen molar-refractivity contribution in [3.63, 3.8) is 0 Å². The Bertz CT molecular complexity index is 959. The zero-order valence-corrected chi connectivity index (χ0v) is 13.2. The van der Waals surface area contributed by atoms with Crippen molar-refractivity contribution in [2.24, 2.45) is 12.0 Å². The summed E-state index contributed by atoms with van der Waals surface area (Å²) in [6.07, 6.45) is 0. The van der Waals surface area contributed by atoms with E-state index in [1.165, 1.54) is 17.7 Å². The average Bonchev–Trinajstić information content (AvgIpc) is 2.83. The van der Waals surface area contributed by atoms with Crippen molar-refractivity contribution in [1.29, 1.82) is 0 Å². The van der Waals surface area contributed by atoms with Gasteiger partial charge in [0.25, 0.3) is 5.91 Å². The van der Waals surface area contributed by atoms with Gasteiger partial charge in [-0.1, -0.05) is 11.3 Å². The fourth-order valence-electron chi connectivity index (χ4n) is 2.19. The number of methoxy groups -OCH3 is 1. The van der Waals surface area contributed by atoms with E-state index >= 15 is 0 Å². The zero-order valence-electron chi connectivity index (χ0n) is 12.3. The Morgan fingerprint density at radius 1 is 1.22 bits per heavy atom. The minimum atomic E-state index is -0.683. The van der Waals surface area contributed by atoms with Crippen molar-refractivity contribution in [1.82, 2.24) is 4.57 Å². The molecule has 1 aromatic heterocycles. The highest BCUT2D eigenvalue weighted by molar-refractivity contribution is 7.16. The molecule has 0 aliphatic heterocycles. The molecule has 3 rings (SSSR count). The van der Waals surface area contributed by atoms with E-state index in [2.05, 4.69) is 4.99 Å². The number of benzene rings is 2. The Kier molecular flexibility index (Phi) is 3.96. The first-order valence-electron chi connectivity index (χ1n) is 6.67. The van der Waals surface area contributed by atoms with Crippen LogP contribution in [-0.4, -0.2) is 17.6 Å². The first-order chi connectivity index (χ1) is 11.0. The van der Waals surface area contributed by atoms with E-state index in [0.717, 1.165) is 17.4 Å². The number of carbonyl (C=O) groups excluding carboxylic acids is 1. The van der Waals surface area contributed by atoms with Crippen molar-refractivity contribution in [3.8, 4) is 5.75 Å². The summed E-state index contributed by atoms with van der Waals surface area (Å²) in [5.74, 6) is -1.18. The number of halogens is 2. The van der Waals surface area contributed by atoms with Crippen molar-refractivity contribution in [2.45, 2.75) is 0 Å². The van der Waals surface area contributed by atoms with Crippen molar-refractivity contribution in [2.75, 3.05) is 7.11 Å². The Balaban J connectivity index is 2.08. The van der Waals surface area contributed by atoms with Gasteiger partial charge in [0.05, 0.1) is 17.3 Å². The second-order valence-corrected chi connectivity index (χ2v) is 5.83. The molecule has 1 heterocycles. The molecule has 0 radical (unpaired) electrons. The number of hydrogen-bond acceptors (Lipinski definition) is 3.